The molecule has 0 spiro atoms. The summed E-state index contributed by atoms with van der Waals surface area (Å²) in [5, 5.41) is 2.90. The summed E-state index contributed by atoms with van der Waals surface area (Å²) in [5.74, 6) is -0.477. The molecule has 0 fully saturated rings. The molecule has 0 amide bonds. The van der Waals surface area contributed by atoms with E-state index in [0.717, 1.165) is 22.9 Å². The first-order valence-electron chi connectivity index (χ1n) is 5.50. The SMILES string of the molecule is Cc1ncsc1CNc1cc(S(C)(=O)=O)ccc1F. The van der Waals surface area contributed by atoms with Gasteiger partial charge in [-0.2, -0.15) is 0 Å². The fourth-order valence-corrected chi connectivity index (χ4v) is 2.91. The van der Waals surface area contributed by atoms with Gasteiger partial charge in [-0.15, -0.1) is 11.3 Å². The van der Waals surface area contributed by atoms with Crippen LogP contribution in [0.3, 0.4) is 0 Å². The lowest BCUT2D eigenvalue weighted by Crippen LogP contribution is -2.04. The van der Waals surface area contributed by atoms with Crippen molar-refractivity contribution in [2.24, 2.45) is 0 Å². The lowest BCUT2D eigenvalue weighted by molar-refractivity contribution is 0.600. The zero-order valence-electron chi connectivity index (χ0n) is 10.5. The predicted molar refractivity (Wildman–Crippen MR) is 73.7 cm³/mol. The van der Waals surface area contributed by atoms with Crippen molar-refractivity contribution in [3.8, 4) is 0 Å². The summed E-state index contributed by atoms with van der Waals surface area (Å²) in [6, 6.07) is 3.72. The van der Waals surface area contributed by atoms with Crippen LogP contribution in [0.1, 0.15) is 10.6 Å². The molecule has 0 saturated heterocycles. The van der Waals surface area contributed by atoms with Gasteiger partial charge in [-0.1, -0.05) is 0 Å². The van der Waals surface area contributed by atoms with Gasteiger partial charge in [0, 0.05) is 11.1 Å². The summed E-state index contributed by atoms with van der Waals surface area (Å²) < 4.78 is 36.5. The van der Waals surface area contributed by atoms with E-state index in [1.54, 1.807) is 5.51 Å². The minimum Gasteiger partial charge on any atom is -0.378 e. The maximum atomic E-state index is 13.6. The molecule has 0 saturated carbocycles. The molecular formula is C12H13FN2O2S2. The van der Waals surface area contributed by atoms with Gasteiger partial charge in [-0.05, 0) is 25.1 Å². The summed E-state index contributed by atoms with van der Waals surface area (Å²) in [7, 11) is -3.34. The molecule has 19 heavy (non-hydrogen) atoms. The molecule has 7 heteroatoms. The summed E-state index contributed by atoms with van der Waals surface area (Å²) in [5.41, 5.74) is 2.78. The molecular weight excluding hydrogens is 287 g/mol. The van der Waals surface area contributed by atoms with Gasteiger partial charge in [0.15, 0.2) is 9.84 Å². The molecule has 0 aliphatic heterocycles. The third-order valence-corrected chi connectivity index (χ3v) is 4.70. The Labute approximate surface area is 115 Å². The number of aryl methyl sites for hydroxylation is 1. The quantitative estimate of drug-likeness (QED) is 0.882. The topological polar surface area (TPSA) is 59.1 Å². The third kappa shape index (κ3) is 3.30. The highest BCUT2D eigenvalue weighted by atomic mass is 32.2. The highest BCUT2D eigenvalue weighted by molar-refractivity contribution is 7.90. The lowest BCUT2D eigenvalue weighted by Gasteiger charge is -2.08. The predicted octanol–water partition coefficient (Wildman–Crippen LogP) is 2.61. The summed E-state index contributed by atoms with van der Waals surface area (Å²) in [6.07, 6.45) is 1.09. The zero-order chi connectivity index (χ0) is 14.0. The number of anilines is 1. The number of aromatic nitrogens is 1. The summed E-state index contributed by atoms with van der Waals surface area (Å²) >= 11 is 1.47. The van der Waals surface area contributed by atoms with Crippen LogP contribution in [0.15, 0.2) is 28.6 Å². The monoisotopic (exact) mass is 300 g/mol. The second-order valence-electron chi connectivity index (χ2n) is 4.13. The Kier molecular flexibility index (Phi) is 3.86. The van der Waals surface area contributed by atoms with E-state index in [-0.39, 0.29) is 10.6 Å². The largest absolute Gasteiger partial charge is 0.378 e. The van der Waals surface area contributed by atoms with Crippen LogP contribution in [0.4, 0.5) is 10.1 Å². The molecule has 2 rings (SSSR count). The molecule has 0 bridgehead atoms. The van der Waals surface area contributed by atoms with Crippen LogP contribution >= 0.6 is 11.3 Å². The van der Waals surface area contributed by atoms with Gasteiger partial charge in [0.2, 0.25) is 0 Å². The molecule has 102 valence electrons. The number of nitrogens with one attached hydrogen (secondary N) is 1. The first-order chi connectivity index (χ1) is 8.88. The molecule has 0 unspecified atom stereocenters. The molecule has 0 radical (unpaired) electrons. The van der Waals surface area contributed by atoms with Crippen molar-refractivity contribution in [1.82, 2.24) is 4.98 Å². The van der Waals surface area contributed by atoms with Crippen LogP contribution in [-0.2, 0) is 16.4 Å². The van der Waals surface area contributed by atoms with Gasteiger partial charge >= 0.3 is 0 Å². The first kappa shape index (κ1) is 14.0. The van der Waals surface area contributed by atoms with Crippen LogP contribution in [-0.4, -0.2) is 19.7 Å². The third-order valence-electron chi connectivity index (χ3n) is 2.65. The molecule has 2 aromatic rings. The maximum Gasteiger partial charge on any atom is 0.175 e. The van der Waals surface area contributed by atoms with Gasteiger partial charge < -0.3 is 5.32 Å². The maximum absolute atomic E-state index is 13.6. The van der Waals surface area contributed by atoms with E-state index < -0.39 is 15.7 Å². The molecule has 0 atom stereocenters. The van der Waals surface area contributed by atoms with Crippen LogP contribution < -0.4 is 5.32 Å². The van der Waals surface area contributed by atoms with Crippen molar-refractivity contribution in [1.29, 1.82) is 0 Å². The molecule has 0 aliphatic rings. The van der Waals surface area contributed by atoms with E-state index >= 15 is 0 Å². The Morgan fingerprint density at radius 2 is 2.16 bits per heavy atom. The number of thiazole rings is 1. The summed E-state index contributed by atoms with van der Waals surface area (Å²) in [4.78, 5) is 5.18. The van der Waals surface area contributed by atoms with Gasteiger partial charge in [0.1, 0.15) is 5.82 Å². The fourth-order valence-electron chi connectivity index (χ4n) is 1.54. The zero-order valence-corrected chi connectivity index (χ0v) is 12.1. The summed E-state index contributed by atoms with van der Waals surface area (Å²) in [6.45, 7) is 2.29. The van der Waals surface area contributed by atoms with Crippen molar-refractivity contribution < 1.29 is 12.8 Å². The number of halogens is 1. The Hall–Kier alpha value is -1.47. The van der Waals surface area contributed by atoms with E-state index in [0.29, 0.717) is 6.54 Å². The normalized spacial score (nSPS) is 11.5. The number of nitrogens with zero attached hydrogens (tertiary/aromatic N) is 1. The lowest BCUT2D eigenvalue weighted by atomic mass is 10.3. The van der Waals surface area contributed by atoms with Crippen molar-refractivity contribution >= 4 is 26.9 Å². The van der Waals surface area contributed by atoms with Gasteiger partial charge in [-0.3, -0.25) is 0 Å². The van der Waals surface area contributed by atoms with Crippen LogP contribution in [0.25, 0.3) is 0 Å². The molecule has 4 nitrogen and oxygen atoms in total. The van der Waals surface area contributed by atoms with E-state index in [1.807, 2.05) is 6.92 Å². The highest BCUT2D eigenvalue weighted by Gasteiger charge is 2.11. The van der Waals surface area contributed by atoms with Crippen LogP contribution in [0, 0.1) is 12.7 Å². The molecule has 1 N–H and O–H groups in total. The van der Waals surface area contributed by atoms with Crippen molar-refractivity contribution in [3.05, 3.63) is 40.1 Å². The minimum absolute atomic E-state index is 0.0948. The number of sulfone groups is 1. The number of hydrogen-bond acceptors (Lipinski definition) is 5. The Morgan fingerprint density at radius 3 is 2.74 bits per heavy atom. The van der Waals surface area contributed by atoms with E-state index in [1.165, 1.54) is 23.5 Å². The average molecular weight is 300 g/mol. The Balaban J connectivity index is 2.23. The highest BCUT2D eigenvalue weighted by Crippen LogP contribution is 2.21. The van der Waals surface area contributed by atoms with E-state index in [9.17, 15) is 12.8 Å². The van der Waals surface area contributed by atoms with E-state index in [2.05, 4.69) is 10.3 Å². The van der Waals surface area contributed by atoms with Crippen molar-refractivity contribution in [3.63, 3.8) is 0 Å². The second-order valence-corrected chi connectivity index (χ2v) is 7.08. The smallest absolute Gasteiger partial charge is 0.175 e. The van der Waals surface area contributed by atoms with Gasteiger partial charge in [0.25, 0.3) is 0 Å². The fraction of sp³-hybridized carbons (Fsp3) is 0.250. The van der Waals surface area contributed by atoms with Crippen LogP contribution in [0.2, 0.25) is 0 Å². The average Bonchev–Trinajstić information content (AvgIpc) is 2.72. The van der Waals surface area contributed by atoms with E-state index in [4.69, 9.17) is 0 Å². The van der Waals surface area contributed by atoms with Gasteiger partial charge in [-0.25, -0.2) is 17.8 Å². The van der Waals surface area contributed by atoms with Crippen molar-refractivity contribution in [2.75, 3.05) is 11.6 Å². The molecule has 1 heterocycles. The number of rotatable bonds is 4. The number of hydrogen-bond donors (Lipinski definition) is 1. The van der Waals surface area contributed by atoms with Gasteiger partial charge in [0.05, 0.1) is 28.3 Å². The Morgan fingerprint density at radius 1 is 1.42 bits per heavy atom. The number of benzene rings is 1. The minimum atomic E-state index is -3.34. The molecule has 1 aromatic heterocycles. The Bertz CT molecular complexity index is 696. The molecule has 1 aromatic carbocycles. The van der Waals surface area contributed by atoms with Crippen LogP contribution in [0.5, 0.6) is 0 Å². The first-order valence-corrected chi connectivity index (χ1v) is 8.27. The second kappa shape index (κ2) is 5.26. The molecule has 0 aliphatic carbocycles. The van der Waals surface area contributed by atoms with Crippen molar-refractivity contribution in [2.45, 2.75) is 18.4 Å². The standard InChI is InChI=1S/C12H13FN2O2S2/c1-8-12(18-7-15-8)6-14-11-5-9(19(2,16)17)3-4-10(11)13/h3-5,7,14H,6H2,1-2H3.